The van der Waals surface area contributed by atoms with Crippen molar-refractivity contribution < 1.29 is 0 Å². The fourth-order valence-corrected chi connectivity index (χ4v) is 3.72. The van der Waals surface area contributed by atoms with Crippen LogP contribution in [0.5, 0.6) is 0 Å². The highest BCUT2D eigenvalue weighted by molar-refractivity contribution is 7.99. The Morgan fingerprint density at radius 2 is 2.39 bits per heavy atom. The summed E-state index contributed by atoms with van der Waals surface area (Å²) in [6, 6.07) is 0.227. The first-order valence-electron chi connectivity index (χ1n) is 6.40. The molecular weight excluding hydrogens is 248 g/mol. The minimum atomic E-state index is 0.0335. The van der Waals surface area contributed by atoms with Gasteiger partial charge in [-0.05, 0) is 19.9 Å². The maximum atomic E-state index is 12.1. The molecule has 2 aliphatic heterocycles. The number of aromatic amines is 1. The van der Waals surface area contributed by atoms with E-state index in [0.717, 1.165) is 54.6 Å². The van der Waals surface area contributed by atoms with Crippen LogP contribution < -0.4 is 10.9 Å². The molecule has 2 aliphatic rings. The predicted octanol–water partition coefficient (Wildman–Crippen LogP) is 0.848. The summed E-state index contributed by atoms with van der Waals surface area (Å²) in [5.74, 6) is 3.75. The van der Waals surface area contributed by atoms with Crippen LogP contribution in [-0.2, 0) is 6.42 Å². The molecular formula is C12H18N4OS. The highest BCUT2D eigenvalue weighted by Crippen LogP contribution is 2.27. The smallest absolute Gasteiger partial charge is 0.256 e. The van der Waals surface area contributed by atoms with Gasteiger partial charge >= 0.3 is 0 Å². The monoisotopic (exact) mass is 266 g/mol. The third-order valence-corrected chi connectivity index (χ3v) is 4.66. The Labute approximate surface area is 110 Å². The highest BCUT2D eigenvalue weighted by atomic mass is 32.2. The summed E-state index contributed by atoms with van der Waals surface area (Å²) in [6.45, 7) is 1.96. The lowest BCUT2D eigenvalue weighted by molar-refractivity contribution is 0.264. The maximum Gasteiger partial charge on any atom is 0.256 e. The molecule has 1 fully saturated rings. The third-order valence-electron chi connectivity index (χ3n) is 3.64. The predicted molar refractivity (Wildman–Crippen MR) is 74.4 cm³/mol. The van der Waals surface area contributed by atoms with Crippen molar-refractivity contribution in [1.29, 1.82) is 0 Å². The summed E-state index contributed by atoms with van der Waals surface area (Å²) in [4.78, 5) is 21.9. The molecule has 2 N–H and O–H groups in total. The number of fused-ring (bicyclic) bond motifs is 1. The molecule has 0 amide bonds. The second kappa shape index (κ2) is 4.93. The highest BCUT2D eigenvalue weighted by Gasteiger charge is 2.25. The summed E-state index contributed by atoms with van der Waals surface area (Å²) < 4.78 is 0. The first kappa shape index (κ1) is 12.0. The molecule has 5 nitrogen and oxygen atoms in total. The lowest BCUT2D eigenvalue weighted by atomic mass is 10.1. The van der Waals surface area contributed by atoms with E-state index in [9.17, 15) is 4.79 Å². The fourth-order valence-electron chi connectivity index (χ4n) is 2.50. The normalized spacial score (nSPS) is 24.4. The Balaban J connectivity index is 1.97. The summed E-state index contributed by atoms with van der Waals surface area (Å²) in [7, 11) is 2.09. The Morgan fingerprint density at radius 1 is 1.50 bits per heavy atom. The van der Waals surface area contributed by atoms with Gasteiger partial charge in [0.25, 0.3) is 5.56 Å². The van der Waals surface area contributed by atoms with Gasteiger partial charge in [0.2, 0.25) is 0 Å². The molecule has 0 aliphatic carbocycles. The van der Waals surface area contributed by atoms with Crippen molar-refractivity contribution in [2.75, 3.05) is 37.0 Å². The Morgan fingerprint density at radius 3 is 3.22 bits per heavy atom. The fraction of sp³-hybridized carbons (Fsp3) is 0.667. The van der Waals surface area contributed by atoms with Crippen LogP contribution in [0.2, 0.25) is 0 Å². The molecule has 98 valence electrons. The molecule has 1 aromatic rings. The van der Waals surface area contributed by atoms with Gasteiger partial charge in [0.05, 0.1) is 11.6 Å². The topological polar surface area (TPSA) is 61.0 Å². The van der Waals surface area contributed by atoms with Crippen LogP contribution in [0.25, 0.3) is 0 Å². The minimum Gasteiger partial charge on any atom is -0.370 e. The van der Waals surface area contributed by atoms with Gasteiger partial charge in [-0.1, -0.05) is 0 Å². The van der Waals surface area contributed by atoms with Crippen molar-refractivity contribution in [3.8, 4) is 0 Å². The van der Waals surface area contributed by atoms with E-state index in [1.165, 1.54) is 0 Å². The standard InChI is InChI=1S/C12H18N4OS/c1-16-5-6-18-7-9(16)11-14-10-8(12(17)15-11)3-2-4-13-10/h9H,2-7H2,1H3,(H2,13,14,15,17). The number of nitrogens with zero attached hydrogens (tertiary/aromatic N) is 2. The Bertz CT molecular complexity index is 501. The molecule has 1 saturated heterocycles. The van der Waals surface area contributed by atoms with Crippen molar-refractivity contribution in [1.82, 2.24) is 14.9 Å². The molecule has 3 heterocycles. The third kappa shape index (κ3) is 2.14. The molecule has 0 bridgehead atoms. The van der Waals surface area contributed by atoms with Gasteiger partial charge in [0.15, 0.2) is 0 Å². The van der Waals surface area contributed by atoms with E-state index in [0.29, 0.717) is 0 Å². The first-order chi connectivity index (χ1) is 8.75. The number of hydrogen-bond donors (Lipinski definition) is 2. The Kier molecular flexibility index (Phi) is 3.30. The molecule has 1 unspecified atom stereocenters. The van der Waals surface area contributed by atoms with Crippen LogP contribution >= 0.6 is 11.8 Å². The molecule has 0 aromatic carbocycles. The zero-order chi connectivity index (χ0) is 12.5. The number of rotatable bonds is 1. The molecule has 0 radical (unpaired) electrons. The number of anilines is 1. The van der Waals surface area contributed by atoms with Gasteiger partial charge < -0.3 is 10.3 Å². The van der Waals surface area contributed by atoms with E-state index < -0.39 is 0 Å². The van der Waals surface area contributed by atoms with Crippen molar-refractivity contribution >= 4 is 17.6 Å². The Hall–Kier alpha value is -1.01. The van der Waals surface area contributed by atoms with Gasteiger partial charge in [0, 0.05) is 24.6 Å². The molecule has 1 aromatic heterocycles. The largest absolute Gasteiger partial charge is 0.370 e. The van der Waals surface area contributed by atoms with E-state index >= 15 is 0 Å². The quantitative estimate of drug-likeness (QED) is 0.789. The lowest BCUT2D eigenvalue weighted by Gasteiger charge is -2.31. The summed E-state index contributed by atoms with van der Waals surface area (Å²) in [5, 5.41) is 3.24. The number of H-pyrrole nitrogens is 1. The van der Waals surface area contributed by atoms with Crippen molar-refractivity contribution in [2.24, 2.45) is 0 Å². The average Bonchev–Trinajstić information content (AvgIpc) is 2.39. The van der Waals surface area contributed by atoms with Crippen molar-refractivity contribution in [3.63, 3.8) is 0 Å². The van der Waals surface area contributed by atoms with E-state index in [4.69, 9.17) is 0 Å². The van der Waals surface area contributed by atoms with E-state index in [1.54, 1.807) is 0 Å². The average molecular weight is 266 g/mol. The first-order valence-corrected chi connectivity index (χ1v) is 7.56. The maximum absolute atomic E-state index is 12.1. The summed E-state index contributed by atoms with van der Waals surface area (Å²) in [6.07, 6.45) is 1.84. The van der Waals surface area contributed by atoms with Crippen LogP contribution in [0.1, 0.15) is 23.9 Å². The van der Waals surface area contributed by atoms with Gasteiger partial charge in [-0.25, -0.2) is 4.98 Å². The second-order valence-corrected chi connectivity index (χ2v) is 6.03. The number of nitrogens with one attached hydrogen (secondary N) is 2. The molecule has 0 spiro atoms. The summed E-state index contributed by atoms with van der Waals surface area (Å²) >= 11 is 1.92. The number of hydrogen-bond acceptors (Lipinski definition) is 5. The van der Waals surface area contributed by atoms with E-state index in [1.807, 2.05) is 11.8 Å². The van der Waals surface area contributed by atoms with Crippen LogP contribution in [-0.4, -0.2) is 46.5 Å². The molecule has 1 atom stereocenters. The van der Waals surface area contributed by atoms with Crippen LogP contribution in [0.4, 0.5) is 5.82 Å². The van der Waals surface area contributed by atoms with Crippen molar-refractivity contribution in [3.05, 3.63) is 21.7 Å². The van der Waals surface area contributed by atoms with Gasteiger partial charge in [-0.2, -0.15) is 11.8 Å². The lowest BCUT2D eigenvalue weighted by Crippen LogP contribution is -2.36. The molecule has 18 heavy (non-hydrogen) atoms. The van der Waals surface area contributed by atoms with Gasteiger partial charge in [-0.3, -0.25) is 9.69 Å². The number of aromatic nitrogens is 2. The second-order valence-electron chi connectivity index (χ2n) is 4.88. The SMILES string of the molecule is CN1CCSCC1c1nc2c(c(=O)[nH]1)CCCN2. The molecule has 0 saturated carbocycles. The van der Waals surface area contributed by atoms with Gasteiger partial charge in [-0.15, -0.1) is 0 Å². The molecule has 3 rings (SSSR count). The zero-order valence-electron chi connectivity index (χ0n) is 10.5. The van der Waals surface area contributed by atoms with Gasteiger partial charge in [0.1, 0.15) is 11.6 Å². The van der Waals surface area contributed by atoms with Crippen LogP contribution in [0.3, 0.4) is 0 Å². The van der Waals surface area contributed by atoms with E-state index in [-0.39, 0.29) is 11.6 Å². The van der Waals surface area contributed by atoms with Crippen LogP contribution in [0.15, 0.2) is 4.79 Å². The molecule has 6 heteroatoms. The summed E-state index contributed by atoms with van der Waals surface area (Å²) in [5.41, 5.74) is 0.849. The van der Waals surface area contributed by atoms with Crippen molar-refractivity contribution in [2.45, 2.75) is 18.9 Å². The minimum absolute atomic E-state index is 0.0335. The number of thioether (sulfide) groups is 1. The zero-order valence-corrected chi connectivity index (χ0v) is 11.3. The van der Waals surface area contributed by atoms with E-state index in [2.05, 4.69) is 27.2 Å². The van der Waals surface area contributed by atoms with Crippen LogP contribution in [0, 0.1) is 0 Å².